The topological polar surface area (TPSA) is 129 Å². The molecule has 11 nitrogen and oxygen atoms in total. The van der Waals surface area contributed by atoms with Gasteiger partial charge in [-0.2, -0.15) is 5.10 Å². The number of halogens is 1. The van der Waals surface area contributed by atoms with Crippen LogP contribution in [0.15, 0.2) is 30.5 Å². The van der Waals surface area contributed by atoms with Gasteiger partial charge in [0, 0.05) is 51.3 Å². The van der Waals surface area contributed by atoms with Gasteiger partial charge in [-0.3, -0.25) is 23.9 Å². The average molecular weight is 638 g/mol. The second-order valence-corrected chi connectivity index (χ2v) is 13.2. The van der Waals surface area contributed by atoms with Gasteiger partial charge in [0.05, 0.1) is 5.69 Å². The van der Waals surface area contributed by atoms with Crippen LogP contribution < -0.4 is 16.0 Å². The third-order valence-electron chi connectivity index (χ3n) is 9.78. The maximum atomic E-state index is 15.7. The molecule has 2 heterocycles. The minimum Gasteiger partial charge on any atom is -0.344 e. The van der Waals surface area contributed by atoms with Crippen molar-refractivity contribution in [3.63, 3.8) is 0 Å². The van der Waals surface area contributed by atoms with Gasteiger partial charge in [0.2, 0.25) is 17.7 Å². The molecule has 1 aromatic heterocycles. The van der Waals surface area contributed by atoms with Crippen LogP contribution >= 0.6 is 0 Å². The first-order valence-electron chi connectivity index (χ1n) is 16.8. The van der Waals surface area contributed by atoms with E-state index in [9.17, 15) is 19.2 Å². The number of aromatic nitrogens is 2. The molecule has 1 aliphatic heterocycles. The summed E-state index contributed by atoms with van der Waals surface area (Å²) in [5.41, 5.74) is 0.902. The summed E-state index contributed by atoms with van der Waals surface area (Å²) < 4.78 is 17.2. The van der Waals surface area contributed by atoms with Crippen molar-refractivity contribution >= 4 is 29.3 Å². The first-order chi connectivity index (χ1) is 22.1. The van der Waals surface area contributed by atoms with Gasteiger partial charge in [0.25, 0.3) is 5.91 Å². The minimum absolute atomic E-state index is 0.00526. The Kier molecular flexibility index (Phi) is 11.1. The average Bonchev–Trinajstić information content (AvgIpc) is 3.74. The van der Waals surface area contributed by atoms with E-state index in [4.69, 9.17) is 0 Å². The number of anilines is 1. The molecule has 3 atom stereocenters. The Hall–Kier alpha value is -3.80. The Bertz CT molecular complexity index is 1400. The fourth-order valence-corrected chi connectivity index (χ4v) is 6.62. The maximum absolute atomic E-state index is 15.7. The number of piperazine rings is 1. The fraction of sp³-hybridized carbons (Fsp3) is 0.618. The predicted molar refractivity (Wildman–Crippen MR) is 173 cm³/mol. The zero-order chi connectivity index (χ0) is 32.8. The van der Waals surface area contributed by atoms with Gasteiger partial charge in [-0.25, -0.2) is 4.39 Å². The smallest absolute Gasteiger partial charge is 0.270 e. The monoisotopic (exact) mass is 637 g/mol. The van der Waals surface area contributed by atoms with Crippen molar-refractivity contribution in [3.05, 3.63) is 47.5 Å². The molecular formula is C34H48FN7O4. The van der Waals surface area contributed by atoms with Gasteiger partial charge in [-0.05, 0) is 75.3 Å². The van der Waals surface area contributed by atoms with Gasteiger partial charge in [-0.1, -0.05) is 32.3 Å². The third-order valence-corrected chi connectivity index (χ3v) is 9.78. The molecule has 0 spiro atoms. The Morgan fingerprint density at radius 2 is 1.70 bits per heavy atom. The number of carbonyl (C=O) groups is 4. The highest BCUT2D eigenvalue weighted by atomic mass is 19.1. The van der Waals surface area contributed by atoms with E-state index < -0.39 is 35.6 Å². The lowest BCUT2D eigenvalue weighted by molar-refractivity contribution is -0.138. The van der Waals surface area contributed by atoms with E-state index in [1.165, 1.54) is 12.1 Å². The summed E-state index contributed by atoms with van der Waals surface area (Å²) in [4.78, 5) is 57.3. The molecule has 46 heavy (non-hydrogen) atoms. The summed E-state index contributed by atoms with van der Waals surface area (Å²) >= 11 is 0. The molecule has 0 bridgehead atoms. The number of aryl methyl sites for hydroxylation is 1. The first-order valence-corrected chi connectivity index (χ1v) is 16.8. The highest BCUT2D eigenvalue weighted by Crippen LogP contribution is 2.33. The van der Waals surface area contributed by atoms with Crippen LogP contribution in [0.1, 0.15) is 87.2 Å². The number of carbonyl (C=O) groups excluding carboxylic acids is 4. The summed E-state index contributed by atoms with van der Waals surface area (Å²) in [6.45, 7) is 6.84. The number of hydrogen-bond donors (Lipinski definition) is 3. The second kappa shape index (κ2) is 15.2. The molecule has 5 rings (SSSR count). The molecule has 3 fully saturated rings. The van der Waals surface area contributed by atoms with Crippen molar-refractivity contribution < 1.29 is 23.6 Å². The summed E-state index contributed by atoms with van der Waals surface area (Å²) in [5, 5.41) is 12.8. The van der Waals surface area contributed by atoms with Gasteiger partial charge < -0.3 is 25.8 Å². The summed E-state index contributed by atoms with van der Waals surface area (Å²) in [6, 6.07) is 4.45. The van der Waals surface area contributed by atoms with Crippen molar-refractivity contribution in [3.8, 4) is 0 Å². The molecule has 3 aliphatic rings. The van der Waals surface area contributed by atoms with E-state index in [1.807, 2.05) is 20.9 Å². The van der Waals surface area contributed by atoms with Crippen LogP contribution in [0.5, 0.6) is 0 Å². The molecule has 2 aromatic rings. The van der Waals surface area contributed by atoms with Crippen LogP contribution in [0, 0.1) is 17.7 Å². The Morgan fingerprint density at radius 1 is 0.978 bits per heavy atom. The molecule has 4 amide bonds. The maximum Gasteiger partial charge on any atom is 0.270 e. The second-order valence-electron chi connectivity index (χ2n) is 13.2. The Morgan fingerprint density at radius 3 is 2.35 bits per heavy atom. The Balaban J connectivity index is 1.31. The van der Waals surface area contributed by atoms with Crippen molar-refractivity contribution in [2.45, 2.75) is 89.8 Å². The summed E-state index contributed by atoms with van der Waals surface area (Å²) in [5.74, 6) is -2.06. The molecule has 3 unspecified atom stereocenters. The number of hydrogen-bond acceptors (Lipinski definition) is 6. The van der Waals surface area contributed by atoms with Crippen molar-refractivity contribution in [1.29, 1.82) is 0 Å². The van der Waals surface area contributed by atoms with Crippen molar-refractivity contribution in [2.24, 2.45) is 11.8 Å². The van der Waals surface area contributed by atoms with E-state index in [1.54, 1.807) is 27.9 Å². The highest BCUT2D eigenvalue weighted by Gasteiger charge is 2.35. The lowest BCUT2D eigenvalue weighted by Gasteiger charge is -2.36. The molecular weight excluding hydrogens is 589 g/mol. The zero-order valence-electron chi connectivity index (χ0n) is 27.3. The fourth-order valence-electron chi connectivity index (χ4n) is 6.62. The molecule has 2 aliphatic carbocycles. The van der Waals surface area contributed by atoms with Crippen LogP contribution in [0.25, 0.3) is 0 Å². The van der Waals surface area contributed by atoms with Crippen molar-refractivity contribution in [2.75, 3.05) is 38.5 Å². The first kappa shape index (κ1) is 33.6. The lowest BCUT2D eigenvalue weighted by atomic mass is 9.83. The molecule has 3 N–H and O–H groups in total. The number of likely N-dealkylation sites (N-methyl/N-ethyl adjacent to an activating group) is 1. The highest BCUT2D eigenvalue weighted by molar-refractivity contribution is 6.00. The van der Waals surface area contributed by atoms with Gasteiger partial charge in [0.1, 0.15) is 23.6 Å². The summed E-state index contributed by atoms with van der Waals surface area (Å²) in [6.07, 6.45) is 8.56. The third kappa shape index (κ3) is 8.31. The van der Waals surface area contributed by atoms with Crippen LogP contribution in [-0.4, -0.2) is 88.5 Å². The van der Waals surface area contributed by atoms with Crippen LogP contribution in [0.3, 0.4) is 0 Å². The number of rotatable bonds is 12. The number of amides is 4. The number of benzene rings is 1. The van der Waals surface area contributed by atoms with Gasteiger partial charge in [0.15, 0.2) is 0 Å². The van der Waals surface area contributed by atoms with E-state index in [0.717, 1.165) is 58.0 Å². The standard InChI is InChI=1S/C34H48FN7O4/c1-4-42-28(14-15-36-42)32(44)39-31(24-8-6-5-7-9-24)33(45)37-27-13-12-25(21-26(27)35)22(2)30(38-29(43)20-23-10-11-23)34(46)41-18-16-40(3)17-19-41/h12-15,21-24,30-31H,4-11,16-20H2,1-3H3,(H,37,45)(H,38,43)(H,39,44). The van der Waals surface area contributed by atoms with Crippen LogP contribution in [0.4, 0.5) is 10.1 Å². The van der Waals surface area contributed by atoms with Crippen LogP contribution in [0.2, 0.25) is 0 Å². The largest absolute Gasteiger partial charge is 0.344 e. The molecule has 2 saturated carbocycles. The van der Waals surface area contributed by atoms with E-state index in [0.29, 0.717) is 43.2 Å². The van der Waals surface area contributed by atoms with Crippen LogP contribution in [-0.2, 0) is 20.9 Å². The molecule has 250 valence electrons. The summed E-state index contributed by atoms with van der Waals surface area (Å²) in [7, 11) is 2.01. The lowest BCUT2D eigenvalue weighted by Crippen LogP contribution is -2.55. The normalized spacial score (nSPS) is 19.6. The van der Waals surface area contributed by atoms with Gasteiger partial charge in [-0.15, -0.1) is 0 Å². The molecule has 12 heteroatoms. The van der Waals surface area contributed by atoms with Crippen molar-refractivity contribution in [1.82, 2.24) is 30.2 Å². The van der Waals surface area contributed by atoms with E-state index in [2.05, 4.69) is 25.9 Å². The van der Waals surface area contributed by atoms with E-state index in [-0.39, 0.29) is 23.4 Å². The minimum atomic E-state index is -0.836. The zero-order valence-corrected chi connectivity index (χ0v) is 27.3. The predicted octanol–water partition coefficient (Wildman–Crippen LogP) is 3.52. The number of nitrogens with one attached hydrogen (secondary N) is 3. The molecule has 1 saturated heterocycles. The quantitative estimate of drug-likeness (QED) is 0.327. The van der Waals surface area contributed by atoms with E-state index >= 15 is 4.39 Å². The molecule has 0 radical (unpaired) electrons. The molecule has 1 aromatic carbocycles. The van der Waals surface area contributed by atoms with Gasteiger partial charge >= 0.3 is 0 Å². The number of nitrogens with zero attached hydrogens (tertiary/aromatic N) is 4. The Labute approximate surface area is 270 Å². The SMILES string of the molecule is CCn1nccc1C(=O)NC(C(=O)Nc1ccc(C(C)C(NC(=O)CC2CC2)C(=O)N2CCN(C)CC2)cc1F)C1CCCCC1.